The van der Waals surface area contributed by atoms with Gasteiger partial charge in [-0.1, -0.05) is 25.5 Å². The zero-order valence-electron chi connectivity index (χ0n) is 11.8. The Balaban J connectivity index is 2.89. The van der Waals surface area contributed by atoms with Gasteiger partial charge in [0.05, 0.1) is 5.71 Å². The zero-order chi connectivity index (χ0) is 13.8. The van der Waals surface area contributed by atoms with Gasteiger partial charge in [-0.2, -0.15) is 5.10 Å². The third kappa shape index (κ3) is 4.02. The predicted molar refractivity (Wildman–Crippen MR) is 78.4 cm³/mol. The SMILES string of the molecule is CC(C=CC1=C(C)CCCC1(C)C)=NN=C(N)N. The number of guanidine groups is 1. The van der Waals surface area contributed by atoms with Crippen LogP contribution in [0.2, 0.25) is 0 Å². The van der Waals surface area contributed by atoms with Crippen LogP contribution in [0.1, 0.15) is 47.0 Å². The van der Waals surface area contributed by atoms with E-state index in [1.165, 1.54) is 30.4 Å². The van der Waals surface area contributed by atoms with E-state index < -0.39 is 0 Å². The molecule has 4 nitrogen and oxygen atoms in total. The first-order valence-corrected chi connectivity index (χ1v) is 6.34. The maximum Gasteiger partial charge on any atom is 0.211 e. The molecule has 0 radical (unpaired) electrons. The van der Waals surface area contributed by atoms with Crippen molar-refractivity contribution in [2.75, 3.05) is 0 Å². The van der Waals surface area contributed by atoms with Crippen molar-refractivity contribution in [3.63, 3.8) is 0 Å². The Morgan fingerprint density at radius 3 is 2.50 bits per heavy atom. The maximum absolute atomic E-state index is 5.23. The first-order chi connectivity index (χ1) is 8.33. The van der Waals surface area contributed by atoms with Gasteiger partial charge in [0.25, 0.3) is 0 Å². The molecule has 0 aliphatic heterocycles. The summed E-state index contributed by atoms with van der Waals surface area (Å²) in [4.78, 5) is 0. The van der Waals surface area contributed by atoms with Gasteiger partial charge in [-0.3, -0.25) is 0 Å². The van der Waals surface area contributed by atoms with E-state index in [0.717, 1.165) is 5.71 Å². The smallest absolute Gasteiger partial charge is 0.211 e. The van der Waals surface area contributed by atoms with Gasteiger partial charge in [0.2, 0.25) is 5.96 Å². The Morgan fingerprint density at radius 2 is 1.94 bits per heavy atom. The molecule has 0 aromatic rings. The second-order valence-electron chi connectivity index (χ2n) is 5.53. The van der Waals surface area contributed by atoms with E-state index >= 15 is 0 Å². The summed E-state index contributed by atoms with van der Waals surface area (Å²) in [6.45, 7) is 8.67. The van der Waals surface area contributed by atoms with Crippen molar-refractivity contribution < 1.29 is 0 Å². The Bertz CT molecular complexity index is 421. The van der Waals surface area contributed by atoms with Gasteiger partial charge in [-0.25, -0.2) is 0 Å². The number of nitrogens with zero attached hydrogens (tertiary/aromatic N) is 2. The van der Waals surface area contributed by atoms with Crippen LogP contribution in [0.25, 0.3) is 0 Å². The van der Waals surface area contributed by atoms with Gasteiger partial charge >= 0.3 is 0 Å². The van der Waals surface area contributed by atoms with Crippen LogP contribution in [0.5, 0.6) is 0 Å². The van der Waals surface area contributed by atoms with Gasteiger partial charge in [0.1, 0.15) is 0 Å². The predicted octanol–water partition coefficient (Wildman–Crippen LogP) is 2.72. The van der Waals surface area contributed by atoms with Gasteiger partial charge in [-0.05, 0) is 50.2 Å². The van der Waals surface area contributed by atoms with Crippen LogP contribution in [-0.2, 0) is 0 Å². The zero-order valence-corrected chi connectivity index (χ0v) is 11.8. The Morgan fingerprint density at radius 1 is 1.28 bits per heavy atom. The Labute approximate surface area is 110 Å². The van der Waals surface area contributed by atoms with E-state index in [1.807, 2.05) is 13.0 Å². The van der Waals surface area contributed by atoms with Crippen LogP contribution < -0.4 is 11.5 Å². The highest BCUT2D eigenvalue weighted by Gasteiger charge is 2.26. The van der Waals surface area contributed by atoms with Crippen LogP contribution in [0.4, 0.5) is 0 Å². The summed E-state index contributed by atoms with van der Waals surface area (Å²) in [7, 11) is 0. The van der Waals surface area contributed by atoms with Crippen molar-refractivity contribution in [1.29, 1.82) is 0 Å². The summed E-state index contributed by atoms with van der Waals surface area (Å²) in [5, 5.41) is 7.56. The standard InChI is InChI=1S/C14H24N4/c1-10-6-5-9-14(3,4)12(10)8-7-11(2)17-18-13(15)16/h7-8H,5-6,9H2,1-4H3,(H4,15,16,18). The molecule has 0 saturated carbocycles. The van der Waals surface area contributed by atoms with Crippen LogP contribution in [0, 0.1) is 5.41 Å². The molecule has 100 valence electrons. The van der Waals surface area contributed by atoms with Gasteiger partial charge in [-0.15, -0.1) is 5.10 Å². The monoisotopic (exact) mass is 248 g/mol. The lowest BCUT2D eigenvalue weighted by Gasteiger charge is -2.32. The normalized spacial score (nSPS) is 20.3. The summed E-state index contributed by atoms with van der Waals surface area (Å²) in [5.74, 6) is -0.0175. The molecule has 0 fully saturated rings. The molecule has 0 unspecified atom stereocenters. The minimum atomic E-state index is -0.0175. The van der Waals surface area contributed by atoms with E-state index in [0.29, 0.717) is 0 Å². The highest BCUT2D eigenvalue weighted by atomic mass is 15.3. The van der Waals surface area contributed by atoms with Crippen molar-refractivity contribution in [3.05, 3.63) is 23.3 Å². The topological polar surface area (TPSA) is 76.8 Å². The first-order valence-electron chi connectivity index (χ1n) is 6.34. The average molecular weight is 248 g/mol. The Kier molecular flexibility index (Phi) is 4.70. The van der Waals surface area contributed by atoms with E-state index in [1.54, 1.807) is 0 Å². The molecule has 18 heavy (non-hydrogen) atoms. The molecule has 1 aliphatic rings. The molecule has 1 rings (SSSR count). The minimum absolute atomic E-state index is 0.0175. The quantitative estimate of drug-likeness (QED) is 0.457. The number of allylic oxidation sites excluding steroid dienone is 4. The molecule has 0 atom stereocenters. The average Bonchev–Trinajstić information content (AvgIpc) is 2.24. The summed E-state index contributed by atoms with van der Waals surface area (Å²) in [5.41, 5.74) is 14.4. The molecule has 0 heterocycles. The second kappa shape index (κ2) is 5.85. The molecule has 0 aromatic carbocycles. The second-order valence-corrected chi connectivity index (χ2v) is 5.53. The number of hydrogen-bond donors (Lipinski definition) is 2. The molecule has 0 saturated heterocycles. The van der Waals surface area contributed by atoms with Crippen LogP contribution in [0.15, 0.2) is 33.5 Å². The minimum Gasteiger partial charge on any atom is -0.369 e. The largest absolute Gasteiger partial charge is 0.369 e. The van der Waals surface area contributed by atoms with Crippen molar-refractivity contribution in [3.8, 4) is 0 Å². The van der Waals surface area contributed by atoms with E-state index in [4.69, 9.17) is 11.5 Å². The molecule has 0 aromatic heterocycles. The summed E-state index contributed by atoms with van der Waals surface area (Å²) < 4.78 is 0. The van der Waals surface area contributed by atoms with Crippen LogP contribution in [0.3, 0.4) is 0 Å². The molecule has 0 amide bonds. The van der Waals surface area contributed by atoms with Crippen molar-refractivity contribution in [1.82, 2.24) is 0 Å². The molecule has 0 spiro atoms. The van der Waals surface area contributed by atoms with Crippen molar-refractivity contribution in [2.45, 2.75) is 47.0 Å². The van der Waals surface area contributed by atoms with Gasteiger partial charge < -0.3 is 11.5 Å². The Hall–Kier alpha value is -1.58. The molecule has 1 aliphatic carbocycles. The number of rotatable bonds is 3. The molecule has 0 bridgehead atoms. The number of nitrogens with two attached hydrogens (primary N) is 2. The first kappa shape index (κ1) is 14.5. The van der Waals surface area contributed by atoms with Crippen molar-refractivity contribution in [2.24, 2.45) is 27.1 Å². The maximum atomic E-state index is 5.23. The third-order valence-corrected chi connectivity index (χ3v) is 3.36. The van der Waals surface area contributed by atoms with Crippen molar-refractivity contribution >= 4 is 11.7 Å². The van der Waals surface area contributed by atoms with E-state index in [9.17, 15) is 0 Å². The highest BCUT2D eigenvalue weighted by molar-refractivity contribution is 5.93. The third-order valence-electron chi connectivity index (χ3n) is 3.36. The fourth-order valence-corrected chi connectivity index (χ4v) is 2.38. The molecular formula is C14H24N4. The summed E-state index contributed by atoms with van der Waals surface area (Å²) >= 11 is 0. The molecule has 4 N–H and O–H groups in total. The van der Waals surface area contributed by atoms with Crippen LogP contribution in [-0.4, -0.2) is 11.7 Å². The van der Waals surface area contributed by atoms with E-state index in [-0.39, 0.29) is 11.4 Å². The fraction of sp³-hybridized carbons (Fsp3) is 0.571. The lowest BCUT2D eigenvalue weighted by molar-refractivity contribution is 0.377. The van der Waals surface area contributed by atoms with E-state index in [2.05, 4.69) is 37.1 Å². The van der Waals surface area contributed by atoms with Gasteiger partial charge in [0.15, 0.2) is 0 Å². The summed E-state index contributed by atoms with van der Waals surface area (Å²) in [6, 6.07) is 0. The lowest BCUT2D eigenvalue weighted by Crippen LogP contribution is -2.22. The van der Waals surface area contributed by atoms with Crippen LogP contribution >= 0.6 is 0 Å². The highest BCUT2D eigenvalue weighted by Crippen LogP contribution is 2.40. The molecule has 4 heteroatoms. The molecular weight excluding hydrogens is 224 g/mol. The van der Waals surface area contributed by atoms with Gasteiger partial charge in [0, 0.05) is 0 Å². The summed E-state index contributed by atoms with van der Waals surface area (Å²) in [6.07, 6.45) is 7.81. The number of hydrogen-bond acceptors (Lipinski definition) is 2. The fourth-order valence-electron chi connectivity index (χ4n) is 2.38. The lowest BCUT2D eigenvalue weighted by atomic mass is 9.72.